The van der Waals surface area contributed by atoms with E-state index in [2.05, 4.69) is 9.50 Å². The Morgan fingerprint density at radius 2 is 1.89 bits per heavy atom. The molecule has 0 spiro atoms. The first-order valence-electron chi connectivity index (χ1n) is 5.22. The Bertz CT molecular complexity index is 459. The minimum atomic E-state index is -3.83. The zero-order valence-electron chi connectivity index (χ0n) is 10.5. The zero-order chi connectivity index (χ0) is 15.2. The van der Waals surface area contributed by atoms with Gasteiger partial charge in [-0.2, -0.15) is 8.42 Å². The lowest BCUT2D eigenvalue weighted by molar-refractivity contribution is -0.143. The molecule has 9 nitrogen and oxygen atoms in total. The molecule has 2 amide bonds. The summed E-state index contributed by atoms with van der Waals surface area (Å²) in [6.07, 6.45) is -1.02. The molecule has 0 aliphatic heterocycles. The maximum Gasteiger partial charge on any atom is 0.326 e. The molecule has 0 aromatic carbocycles. The monoisotopic (exact) mass is 296 g/mol. The Balaban J connectivity index is 4.54. The molecular weight excluding hydrogens is 280 g/mol. The van der Waals surface area contributed by atoms with E-state index in [1.165, 1.54) is 0 Å². The molecule has 0 rings (SSSR count). The van der Waals surface area contributed by atoms with Crippen molar-refractivity contribution >= 4 is 27.9 Å². The number of carboxylic acids is 1. The van der Waals surface area contributed by atoms with E-state index >= 15 is 0 Å². The van der Waals surface area contributed by atoms with Crippen LogP contribution >= 0.6 is 0 Å². The molecule has 0 aliphatic rings. The van der Waals surface area contributed by atoms with Gasteiger partial charge in [0.2, 0.25) is 5.91 Å². The molecule has 110 valence electrons. The van der Waals surface area contributed by atoms with Crippen LogP contribution in [0.4, 0.5) is 0 Å². The number of amides is 2. The van der Waals surface area contributed by atoms with E-state index in [-0.39, 0.29) is 12.8 Å². The van der Waals surface area contributed by atoms with Gasteiger partial charge in [0.15, 0.2) is 6.10 Å². The van der Waals surface area contributed by atoms with E-state index in [4.69, 9.17) is 10.8 Å². The van der Waals surface area contributed by atoms with Crippen molar-refractivity contribution in [3.63, 3.8) is 0 Å². The fourth-order valence-corrected chi connectivity index (χ4v) is 1.75. The van der Waals surface area contributed by atoms with E-state index < -0.39 is 40.0 Å². The molecule has 0 aliphatic carbocycles. The quantitative estimate of drug-likeness (QED) is 0.446. The normalized spacial score (nSPS) is 14.4. The summed E-state index contributed by atoms with van der Waals surface area (Å²) < 4.78 is 26.0. The van der Waals surface area contributed by atoms with Crippen LogP contribution in [0.15, 0.2) is 0 Å². The van der Waals surface area contributed by atoms with Crippen molar-refractivity contribution in [3.05, 3.63) is 0 Å². The molecular formula is C9H16N2O7S. The highest BCUT2D eigenvalue weighted by molar-refractivity contribution is 7.86. The zero-order valence-corrected chi connectivity index (χ0v) is 11.3. The Morgan fingerprint density at radius 1 is 1.37 bits per heavy atom. The number of nitrogens with two attached hydrogens (primary N) is 1. The van der Waals surface area contributed by atoms with E-state index in [1.807, 2.05) is 0 Å². The van der Waals surface area contributed by atoms with Crippen LogP contribution in [0, 0.1) is 0 Å². The van der Waals surface area contributed by atoms with Crippen molar-refractivity contribution in [3.8, 4) is 0 Å². The summed E-state index contributed by atoms with van der Waals surface area (Å²) in [5, 5.41) is 10.9. The summed E-state index contributed by atoms with van der Waals surface area (Å²) in [5.74, 6) is -2.98. The second-order valence-electron chi connectivity index (χ2n) is 3.85. The molecule has 2 atom stereocenters. The molecule has 0 aromatic rings. The Morgan fingerprint density at radius 3 is 2.26 bits per heavy atom. The van der Waals surface area contributed by atoms with Gasteiger partial charge in [-0.25, -0.2) is 4.79 Å². The van der Waals surface area contributed by atoms with Crippen molar-refractivity contribution in [1.82, 2.24) is 5.32 Å². The summed E-state index contributed by atoms with van der Waals surface area (Å²) in [4.78, 5) is 32.9. The van der Waals surface area contributed by atoms with Crippen LogP contribution in [0.2, 0.25) is 0 Å². The fourth-order valence-electron chi connectivity index (χ4n) is 1.14. The first-order chi connectivity index (χ1) is 8.53. The highest BCUT2D eigenvalue weighted by Gasteiger charge is 2.25. The fraction of sp³-hybridized carbons (Fsp3) is 0.667. The lowest BCUT2D eigenvalue weighted by Crippen LogP contribution is -2.46. The lowest BCUT2D eigenvalue weighted by Gasteiger charge is -2.16. The van der Waals surface area contributed by atoms with Gasteiger partial charge in [-0.3, -0.25) is 13.8 Å². The molecule has 0 aromatic heterocycles. The van der Waals surface area contributed by atoms with Crippen LogP contribution in [0.1, 0.15) is 19.8 Å². The highest BCUT2D eigenvalue weighted by atomic mass is 32.2. The van der Waals surface area contributed by atoms with Crippen LogP contribution in [0.5, 0.6) is 0 Å². The Hall–Kier alpha value is -1.68. The average Bonchev–Trinajstić information content (AvgIpc) is 2.20. The molecule has 0 fully saturated rings. The summed E-state index contributed by atoms with van der Waals surface area (Å²) in [7, 11) is -3.83. The maximum atomic E-state index is 11.5. The van der Waals surface area contributed by atoms with Gasteiger partial charge < -0.3 is 16.2 Å². The van der Waals surface area contributed by atoms with Gasteiger partial charge in [0.25, 0.3) is 16.0 Å². The SMILES string of the molecule is CC(OS(C)(=O)=O)C(=O)N[C@H](CCC(N)=O)C(=O)O. The second-order valence-corrected chi connectivity index (χ2v) is 5.45. The number of aliphatic carboxylic acids is 1. The minimum Gasteiger partial charge on any atom is -0.480 e. The summed E-state index contributed by atoms with van der Waals surface area (Å²) in [6.45, 7) is 1.16. The topological polar surface area (TPSA) is 153 Å². The molecule has 0 radical (unpaired) electrons. The van der Waals surface area contributed by atoms with Crippen molar-refractivity contribution in [2.75, 3.05) is 6.26 Å². The first kappa shape index (κ1) is 17.3. The smallest absolute Gasteiger partial charge is 0.326 e. The number of carbonyl (C=O) groups is 3. The number of primary amides is 1. The predicted molar refractivity (Wildman–Crippen MR) is 63.4 cm³/mol. The standard InChI is InChI=1S/C9H16N2O7S/c1-5(18-19(2,16)17)8(13)11-6(9(14)15)3-4-7(10)12/h5-6H,3-4H2,1-2H3,(H2,10,12)(H,11,13)(H,14,15)/t5?,6-/m1/s1. The third-order valence-corrected chi connectivity index (χ3v) is 2.62. The summed E-state index contributed by atoms with van der Waals surface area (Å²) >= 11 is 0. The van der Waals surface area contributed by atoms with Gasteiger partial charge in [0.1, 0.15) is 6.04 Å². The van der Waals surface area contributed by atoms with Gasteiger partial charge >= 0.3 is 5.97 Å². The van der Waals surface area contributed by atoms with Crippen LogP contribution in [0.25, 0.3) is 0 Å². The van der Waals surface area contributed by atoms with E-state index in [9.17, 15) is 22.8 Å². The third-order valence-electron chi connectivity index (χ3n) is 1.98. The molecule has 0 saturated carbocycles. The Kier molecular flexibility index (Phi) is 6.42. The van der Waals surface area contributed by atoms with E-state index in [0.717, 1.165) is 13.2 Å². The number of carboxylic acid groups (broad SMARTS) is 1. The second kappa shape index (κ2) is 7.04. The van der Waals surface area contributed by atoms with Crippen LogP contribution in [0.3, 0.4) is 0 Å². The number of nitrogens with one attached hydrogen (secondary N) is 1. The van der Waals surface area contributed by atoms with Crippen molar-refractivity contribution in [2.45, 2.75) is 31.9 Å². The van der Waals surface area contributed by atoms with Gasteiger partial charge in [0.05, 0.1) is 6.26 Å². The van der Waals surface area contributed by atoms with Crippen molar-refractivity contribution in [2.24, 2.45) is 5.73 Å². The number of hydrogen-bond donors (Lipinski definition) is 3. The number of rotatable bonds is 8. The first-order valence-corrected chi connectivity index (χ1v) is 7.04. The highest BCUT2D eigenvalue weighted by Crippen LogP contribution is 2.01. The largest absolute Gasteiger partial charge is 0.480 e. The molecule has 0 heterocycles. The molecule has 0 bridgehead atoms. The average molecular weight is 296 g/mol. The summed E-state index contributed by atoms with van der Waals surface area (Å²) in [5.41, 5.74) is 4.87. The van der Waals surface area contributed by atoms with Crippen molar-refractivity contribution < 1.29 is 32.1 Å². The van der Waals surface area contributed by atoms with E-state index in [0.29, 0.717) is 0 Å². The predicted octanol–water partition coefficient (Wildman–Crippen LogP) is -1.81. The van der Waals surface area contributed by atoms with Gasteiger partial charge in [-0.1, -0.05) is 0 Å². The van der Waals surface area contributed by atoms with Crippen LogP contribution in [-0.4, -0.2) is 49.7 Å². The van der Waals surface area contributed by atoms with Crippen LogP contribution in [-0.2, 0) is 28.7 Å². The van der Waals surface area contributed by atoms with Crippen molar-refractivity contribution in [1.29, 1.82) is 0 Å². The van der Waals surface area contributed by atoms with Gasteiger partial charge in [0, 0.05) is 6.42 Å². The van der Waals surface area contributed by atoms with E-state index in [1.54, 1.807) is 0 Å². The number of carbonyl (C=O) groups excluding carboxylic acids is 2. The van der Waals surface area contributed by atoms with Gasteiger partial charge in [-0.05, 0) is 13.3 Å². The summed E-state index contributed by atoms with van der Waals surface area (Å²) in [6, 6.07) is -1.34. The molecule has 10 heteroatoms. The molecule has 4 N–H and O–H groups in total. The molecule has 19 heavy (non-hydrogen) atoms. The molecule has 1 unspecified atom stereocenters. The maximum absolute atomic E-state index is 11.5. The Labute approximate surface area is 110 Å². The third kappa shape index (κ3) is 8.11. The number of hydrogen-bond acceptors (Lipinski definition) is 6. The van der Waals surface area contributed by atoms with Gasteiger partial charge in [-0.15, -0.1) is 0 Å². The molecule has 0 saturated heterocycles. The van der Waals surface area contributed by atoms with Crippen LogP contribution < -0.4 is 11.1 Å². The minimum absolute atomic E-state index is 0.192. The lowest BCUT2D eigenvalue weighted by atomic mass is 10.1.